The molecule has 4 saturated heterocycles. The van der Waals surface area contributed by atoms with E-state index < -0.39 is 235 Å². The number of nitrogens with zero attached hydrogens (tertiary/aromatic N) is 5. The standard InChI is InChI=1S/C87H120N20O20S/c1-6-8-21-65-79(119)95-48(3)75(115)102-64(77(117)94-45-72(91)111)46-128-47-73(112)96-60(37-49-26-28-53(108)29-27-49)85(125)106-35-15-24-67(106)81(121)100-62(41-74(113)114)86(126)107-36-16-25-68(107)82(122)101-63(42-89)78(118)97-58(30-31-71(90)110)84(124)105-34-14-23-66(105)80(120)98-59(38-51-43-92-56-19-12-10-17-54(51)56)70(109)40-50(32-33-88)76(116)99-61(39-52-44-93-57-20-13-11-18-55(52)57)83(123)104(5)69(22-9-7-2)87(127)103(65)4/h10-13,17-20,26-29,43-44,48,50,58-69,92-93,108H,6-9,14-16,21-25,30-42,45-47,88-89H2,1-5H3,(H2,90,110)(H2,91,111)(H,94,117)(H,95,119)(H,96,112)(H,97,118)(H,98,120)(H,99,116)(H,100,121)(H,101,122)(H,102,115)(H,113,114)/t48-,50+,58-,59-,60-,61-,62-,63-,64-,65-,66-,67-,68-,69-/m0/s1. The number of benzene rings is 3. The van der Waals surface area contributed by atoms with E-state index in [0.717, 1.165) is 21.6 Å². The molecule has 41 heteroatoms. The Hall–Kier alpha value is -12.5. The van der Waals surface area contributed by atoms with Gasteiger partial charge in [0.25, 0.3) is 0 Å². The lowest BCUT2D eigenvalue weighted by atomic mass is 9.91. The molecule has 2 aromatic heterocycles. The summed E-state index contributed by atoms with van der Waals surface area (Å²) in [6.45, 7) is 3.27. The Kier molecular flexibility index (Phi) is 36.7. The molecular weight excluding hydrogens is 1680 g/mol. The number of Topliss-reactive ketones (excluding diaryl/α,β-unsaturated/α-hetero) is 1. The fourth-order valence-electron chi connectivity index (χ4n) is 16.7. The zero-order valence-corrected chi connectivity index (χ0v) is 73.5. The topological polar surface area (TPSA) is 608 Å². The highest BCUT2D eigenvalue weighted by atomic mass is 32.2. The van der Waals surface area contributed by atoms with Gasteiger partial charge in [0.05, 0.1) is 24.8 Å². The fourth-order valence-corrected chi connectivity index (χ4v) is 17.6. The summed E-state index contributed by atoms with van der Waals surface area (Å²) < 4.78 is 0. The third kappa shape index (κ3) is 26.6. The van der Waals surface area contributed by atoms with Crippen molar-refractivity contribution in [2.75, 3.05) is 64.9 Å². The predicted molar refractivity (Wildman–Crippen MR) is 469 cm³/mol. The van der Waals surface area contributed by atoms with Crippen LogP contribution in [0.25, 0.3) is 21.8 Å². The van der Waals surface area contributed by atoms with Crippen molar-refractivity contribution in [3.05, 3.63) is 102 Å². The van der Waals surface area contributed by atoms with Crippen molar-refractivity contribution in [2.45, 2.75) is 228 Å². The molecule has 0 unspecified atom stereocenters. The van der Waals surface area contributed by atoms with E-state index in [-0.39, 0.29) is 115 Å². The number of ketones is 1. The summed E-state index contributed by atoms with van der Waals surface area (Å²) in [5.41, 5.74) is 26.4. The summed E-state index contributed by atoms with van der Waals surface area (Å²) in [5.74, 6) is -18.6. The summed E-state index contributed by atoms with van der Waals surface area (Å²) in [6.07, 6.45) is 2.62. The van der Waals surface area contributed by atoms with E-state index in [4.69, 9.17) is 22.9 Å². The van der Waals surface area contributed by atoms with Crippen LogP contribution in [0.1, 0.15) is 147 Å². The Balaban J connectivity index is 1.07. The second-order valence-electron chi connectivity index (χ2n) is 33.0. The number of carbonyl (C=O) groups excluding carboxylic acids is 17. The predicted octanol–water partition coefficient (Wildman–Crippen LogP) is -1.74. The fraction of sp³-hybridized carbons (Fsp3) is 0.540. The molecule has 5 aromatic rings. The molecule has 694 valence electrons. The summed E-state index contributed by atoms with van der Waals surface area (Å²) >= 11 is 0.793. The first kappa shape index (κ1) is 99.2. The first-order valence-electron chi connectivity index (χ1n) is 43.5. The molecule has 0 bridgehead atoms. The number of rotatable bonds is 23. The van der Waals surface area contributed by atoms with Crippen LogP contribution in [0.5, 0.6) is 5.75 Å². The van der Waals surface area contributed by atoms with Gasteiger partial charge in [0.2, 0.25) is 94.5 Å². The first-order valence-corrected chi connectivity index (χ1v) is 44.6. The number of phenolic OH excluding ortho intramolecular Hbond substituents is 1. The van der Waals surface area contributed by atoms with Crippen LogP contribution in [0, 0.1) is 5.92 Å². The highest BCUT2D eigenvalue weighted by Gasteiger charge is 2.46. The van der Waals surface area contributed by atoms with Crippen molar-refractivity contribution in [3.8, 4) is 5.75 Å². The third-order valence-electron chi connectivity index (χ3n) is 23.8. The number of aromatic nitrogens is 2. The van der Waals surface area contributed by atoms with Crippen LogP contribution in [-0.2, 0) is 106 Å². The Morgan fingerprint density at radius 3 is 1.53 bits per heavy atom. The van der Waals surface area contributed by atoms with E-state index in [1.54, 1.807) is 48.8 Å². The minimum atomic E-state index is -1.87. The van der Waals surface area contributed by atoms with Crippen LogP contribution >= 0.6 is 11.8 Å². The molecular formula is C87H120N20O20S. The average Bonchev–Trinajstić information content (AvgIpc) is 1.75. The molecule has 21 N–H and O–H groups in total. The van der Waals surface area contributed by atoms with Gasteiger partial charge in [-0.2, -0.15) is 0 Å². The molecule has 9 rings (SSSR count). The van der Waals surface area contributed by atoms with Gasteiger partial charge in [-0.15, -0.1) is 11.8 Å². The number of carboxylic acid groups (broad SMARTS) is 1. The molecule has 3 aromatic carbocycles. The van der Waals surface area contributed by atoms with Gasteiger partial charge < -0.3 is 115 Å². The zero-order chi connectivity index (χ0) is 93.2. The monoisotopic (exact) mass is 1800 g/mol. The minimum absolute atomic E-state index is 0.0182. The highest BCUT2D eigenvalue weighted by Crippen LogP contribution is 2.29. The molecule has 0 saturated carbocycles. The van der Waals surface area contributed by atoms with Crippen LogP contribution in [-0.4, -0.2) is 294 Å². The van der Waals surface area contributed by atoms with Crippen molar-refractivity contribution in [1.82, 2.24) is 82.3 Å². The maximum absolute atomic E-state index is 15.7. The number of aliphatic carboxylic acids is 1. The number of aromatic hydroxyl groups is 1. The Labute approximate surface area is 744 Å². The summed E-state index contributed by atoms with van der Waals surface area (Å²) in [7, 11) is 2.78. The van der Waals surface area contributed by atoms with Crippen LogP contribution in [0.4, 0.5) is 0 Å². The lowest BCUT2D eigenvalue weighted by molar-refractivity contribution is -0.149. The normalized spacial score (nSPS) is 25.4. The lowest BCUT2D eigenvalue weighted by Crippen LogP contribution is -2.61. The first-order chi connectivity index (χ1) is 61.1. The van der Waals surface area contributed by atoms with E-state index in [1.807, 2.05) is 26.0 Å². The van der Waals surface area contributed by atoms with Gasteiger partial charge in [0.1, 0.15) is 78.3 Å². The molecule has 4 fully saturated rings. The van der Waals surface area contributed by atoms with Crippen molar-refractivity contribution in [1.29, 1.82) is 0 Å². The van der Waals surface area contributed by atoms with Crippen LogP contribution in [0.3, 0.4) is 0 Å². The number of fused-ring (bicyclic) bond motifs is 5. The van der Waals surface area contributed by atoms with Crippen molar-refractivity contribution in [2.24, 2.45) is 28.9 Å². The smallest absolute Gasteiger partial charge is 0.305 e. The van der Waals surface area contributed by atoms with Crippen molar-refractivity contribution < 1.29 is 96.5 Å². The molecule has 40 nitrogen and oxygen atoms in total. The number of hydrogen-bond acceptors (Lipinski definition) is 22. The number of thioether (sulfide) groups is 1. The number of H-pyrrole nitrogens is 2. The van der Waals surface area contributed by atoms with Crippen molar-refractivity contribution >= 4 is 140 Å². The molecule has 128 heavy (non-hydrogen) atoms. The minimum Gasteiger partial charge on any atom is -0.508 e. The maximum Gasteiger partial charge on any atom is 0.305 e. The van der Waals surface area contributed by atoms with Gasteiger partial charge in [0, 0.05) is 118 Å². The number of nitrogens with two attached hydrogens (primary N) is 4. The Morgan fingerprint density at radius 1 is 0.508 bits per heavy atom. The molecule has 4 aliphatic rings. The number of aromatic amines is 2. The molecule has 0 aliphatic carbocycles. The number of unbranched alkanes of at least 4 members (excludes halogenated alkanes) is 2. The summed E-state index contributed by atoms with van der Waals surface area (Å²) in [6, 6.07) is 0.813. The van der Waals surface area contributed by atoms with E-state index in [9.17, 15) is 67.7 Å². The number of primary amides is 2. The maximum atomic E-state index is 15.7. The molecule has 4 aliphatic heterocycles. The SMILES string of the molecule is CCCC[C@H]1C(=O)N(C)[C@@H](CCCC)C(=O)N[C@@H](C)C(=O)N[C@H](C(=O)NCC(N)=O)CSCC(=O)N[C@@H](Cc2ccc(O)cc2)C(=O)N2CCC[C@H]2C(=O)N[C@@H](CC(=O)O)C(=O)N2CCC[C@H]2C(=O)N[C@@H](CN)C(=O)N[C@@H](CCC(N)=O)C(=O)N2CCC[C@H]2C(=O)N[C@@H](Cc2c[nH]c3ccccc23)C(=O)C[C@@H](CCN)C(=O)N[C@@H](Cc2c[nH]c3ccccc23)C(=O)N1C. The quantitative estimate of drug-likeness (QED) is 0.0345. The van der Waals surface area contributed by atoms with Gasteiger partial charge in [-0.3, -0.25) is 86.3 Å². The number of amides is 16. The zero-order valence-electron chi connectivity index (χ0n) is 72.7. The van der Waals surface area contributed by atoms with Crippen LogP contribution < -0.4 is 70.8 Å². The van der Waals surface area contributed by atoms with Gasteiger partial charge >= 0.3 is 5.97 Å². The third-order valence-corrected chi connectivity index (χ3v) is 24.8. The molecule has 14 atom stereocenters. The number of para-hydroxylation sites is 2. The van der Waals surface area contributed by atoms with E-state index in [2.05, 4.69) is 57.8 Å². The summed E-state index contributed by atoms with van der Waals surface area (Å²) in [5, 5.41) is 45.4. The van der Waals surface area contributed by atoms with Gasteiger partial charge in [-0.1, -0.05) is 88.1 Å². The van der Waals surface area contributed by atoms with Crippen molar-refractivity contribution in [3.63, 3.8) is 0 Å². The average molecular weight is 1800 g/mol. The summed E-state index contributed by atoms with van der Waals surface area (Å²) in [4.78, 5) is 272. The number of phenols is 1. The second-order valence-corrected chi connectivity index (χ2v) is 34.0. The van der Waals surface area contributed by atoms with E-state index in [1.165, 1.54) is 60.0 Å². The molecule has 0 spiro atoms. The van der Waals surface area contributed by atoms with Gasteiger partial charge in [-0.05, 0) is 119 Å². The van der Waals surface area contributed by atoms with E-state index >= 15 is 28.8 Å². The van der Waals surface area contributed by atoms with Gasteiger partial charge in [0.15, 0.2) is 5.78 Å². The largest absolute Gasteiger partial charge is 0.508 e. The second kappa shape index (κ2) is 47.3. The lowest BCUT2D eigenvalue weighted by Gasteiger charge is -2.36. The number of nitrogens with one attached hydrogen (secondary N) is 11. The van der Waals surface area contributed by atoms with E-state index in [0.29, 0.717) is 64.2 Å². The number of likely N-dealkylation sites (N-methyl/N-ethyl adjacent to an activating group) is 2. The molecule has 0 radical (unpaired) electrons. The molecule has 16 amide bonds. The number of carboxylic acids is 1. The highest BCUT2D eigenvalue weighted by molar-refractivity contribution is 8.00. The van der Waals surface area contributed by atoms with Gasteiger partial charge in [-0.25, -0.2) is 0 Å². The number of carbonyl (C=O) groups is 18. The Bertz CT molecular complexity index is 4870. The number of hydrogen-bond donors (Lipinski definition) is 17. The van der Waals surface area contributed by atoms with Crippen LogP contribution in [0.15, 0.2) is 85.2 Å². The Morgan fingerprint density at radius 2 is 1.00 bits per heavy atom. The van der Waals surface area contributed by atoms with Crippen LogP contribution in [0.2, 0.25) is 0 Å². The molecule has 6 heterocycles.